The number of rotatable bonds is 0. The number of hydrogen-bond donors (Lipinski definition) is 0. The van der Waals surface area contributed by atoms with E-state index in [1.165, 1.54) is 6.42 Å². The van der Waals surface area contributed by atoms with Gasteiger partial charge in [-0.3, -0.25) is 0 Å². The summed E-state index contributed by atoms with van der Waals surface area (Å²) >= 11 is 5.94. The molecule has 10 heavy (non-hydrogen) atoms. The van der Waals surface area contributed by atoms with Gasteiger partial charge in [0.15, 0.2) is 0 Å². The number of ether oxygens (including phenoxy) is 1. The second kappa shape index (κ2) is 2.55. The van der Waals surface area contributed by atoms with Gasteiger partial charge < -0.3 is 4.74 Å². The summed E-state index contributed by atoms with van der Waals surface area (Å²) in [4.78, 5) is 0. The molecule has 1 heterocycles. The van der Waals surface area contributed by atoms with Gasteiger partial charge >= 0.3 is 0 Å². The maximum absolute atomic E-state index is 5.94. The minimum absolute atomic E-state index is 0.253. The lowest BCUT2D eigenvalue weighted by molar-refractivity contribution is 0.123. The first-order valence-electron chi connectivity index (χ1n) is 3.80. The van der Waals surface area contributed by atoms with Crippen LogP contribution in [-0.4, -0.2) is 18.1 Å². The van der Waals surface area contributed by atoms with Crippen molar-refractivity contribution in [2.24, 2.45) is 5.92 Å². The van der Waals surface area contributed by atoms with Crippen molar-refractivity contribution in [2.75, 3.05) is 6.61 Å². The van der Waals surface area contributed by atoms with E-state index in [-0.39, 0.29) is 5.38 Å². The molecule has 56 valence electrons. The molecule has 0 bridgehead atoms. The third-order valence-electron chi connectivity index (χ3n) is 2.30. The highest BCUT2D eigenvalue weighted by molar-refractivity contribution is 6.21. The number of allylic oxidation sites excluding steroid dienone is 1. The maximum Gasteiger partial charge on any atom is 0.0785 e. The Balaban J connectivity index is 2.09. The first-order valence-corrected chi connectivity index (χ1v) is 4.24. The minimum atomic E-state index is 0.253. The van der Waals surface area contributed by atoms with Gasteiger partial charge in [0.2, 0.25) is 0 Å². The van der Waals surface area contributed by atoms with E-state index in [2.05, 4.69) is 6.08 Å². The van der Waals surface area contributed by atoms with Crippen LogP contribution in [0.3, 0.4) is 0 Å². The molecular formula is C8H11ClO. The van der Waals surface area contributed by atoms with Crippen molar-refractivity contribution < 1.29 is 4.74 Å². The fourth-order valence-electron chi connectivity index (χ4n) is 1.72. The molecule has 0 spiro atoms. The molecule has 0 aromatic carbocycles. The van der Waals surface area contributed by atoms with Crippen molar-refractivity contribution in [1.82, 2.24) is 0 Å². The monoisotopic (exact) mass is 158 g/mol. The zero-order chi connectivity index (χ0) is 6.97. The Kier molecular flexibility index (Phi) is 1.71. The number of alkyl halides is 1. The Morgan fingerprint density at radius 3 is 3.20 bits per heavy atom. The van der Waals surface area contributed by atoms with Crippen molar-refractivity contribution in [3.8, 4) is 0 Å². The predicted octanol–water partition coefficient (Wildman–Crippen LogP) is 1.96. The first kappa shape index (κ1) is 6.68. The Morgan fingerprint density at radius 2 is 2.30 bits per heavy atom. The van der Waals surface area contributed by atoms with E-state index in [0.29, 0.717) is 12.0 Å². The van der Waals surface area contributed by atoms with E-state index >= 15 is 0 Å². The summed E-state index contributed by atoms with van der Waals surface area (Å²) in [6.07, 6.45) is 6.84. The van der Waals surface area contributed by atoms with Gasteiger partial charge in [-0.25, -0.2) is 0 Å². The lowest BCUT2D eigenvalue weighted by atomic mass is 9.91. The standard InChI is InChI=1S/C8H11ClO/c9-7-1-2-8-6(5-7)3-4-10-8/h1-2,6-8H,3-5H2/t6-,7-,8+/m1/s1. The van der Waals surface area contributed by atoms with Crippen molar-refractivity contribution >= 4 is 11.6 Å². The van der Waals surface area contributed by atoms with Crippen LogP contribution >= 0.6 is 11.6 Å². The molecule has 1 fully saturated rings. The SMILES string of the molecule is Cl[C@@H]1C=C[C@@H]2OCC[C@@H]2C1. The van der Waals surface area contributed by atoms with E-state index in [9.17, 15) is 0 Å². The van der Waals surface area contributed by atoms with Gasteiger partial charge in [0, 0.05) is 6.61 Å². The van der Waals surface area contributed by atoms with Gasteiger partial charge in [0.1, 0.15) is 0 Å². The zero-order valence-corrected chi connectivity index (χ0v) is 6.55. The van der Waals surface area contributed by atoms with Gasteiger partial charge in [-0.2, -0.15) is 0 Å². The van der Waals surface area contributed by atoms with Crippen LogP contribution in [-0.2, 0) is 4.74 Å². The molecule has 0 aromatic rings. The highest BCUT2D eigenvalue weighted by atomic mass is 35.5. The molecular weight excluding hydrogens is 148 g/mol. The van der Waals surface area contributed by atoms with Crippen LogP contribution in [0.25, 0.3) is 0 Å². The second-order valence-corrected chi connectivity index (χ2v) is 3.58. The van der Waals surface area contributed by atoms with Gasteiger partial charge in [-0.15, -0.1) is 11.6 Å². The summed E-state index contributed by atoms with van der Waals surface area (Å²) in [5.41, 5.74) is 0. The quantitative estimate of drug-likeness (QED) is 0.387. The second-order valence-electron chi connectivity index (χ2n) is 3.02. The molecule has 3 atom stereocenters. The van der Waals surface area contributed by atoms with E-state index in [0.717, 1.165) is 13.0 Å². The van der Waals surface area contributed by atoms with Crippen LogP contribution in [0.1, 0.15) is 12.8 Å². The summed E-state index contributed by atoms with van der Waals surface area (Å²) in [6.45, 7) is 0.920. The lowest BCUT2D eigenvalue weighted by Crippen LogP contribution is -2.20. The summed E-state index contributed by atoms with van der Waals surface area (Å²) in [6, 6.07) is 0. The summed E-state index contributed by atoms with van der Waals surface area (Å²) in [5, 5.41) is 0.253. The molecule has 2 aliphatic rings. The first-order chi connectivity index (χ1) is 4.86. The topological polar surface area (TPSA) is 9.23 Å². The highest BCUT2D eigenvalue weighted by Crippen LogP contribution is 2.31. The molecule has 1 nitrogen and oxygen atoms in total. The number of hydrogen-bond acceptors (Lipinski definition) is 1. The fraction of sp³-hybridized carbons (Fsp3) is 0.750. The van der Waals surface area contributed by atoms with E-state index in [1.54, 1.807) is 0 Å². The number of halogens is 1. The van der Waals surface area contributed by atoms with Crippen LogP contribution in [0, 0.1) is 5.92 Å². The molecule has 0 saturated carbocycles. The van der Waals surface area contributed by atoms with Crippen molar-refractivity contribution in [3.05, 3.63) is 12.2 Å². The molecule has 2 heteroatoms. The highest BCUT2D eigenvalue weighted by Gasteiger charge is 2.30. The molecule has 1 saturated heterocycles. The van der Waals surface area contributed by atoms with E-state index < -0.39 is 0 Å². The van der Waals surface area contributed by atoms with Gasteiger partial charge in [-0.05, 0) is 18.8 Å². The molecule has 0 N–H and O–H groups in total. The van der Waals surface area contributed by atoms with Crippen molar-refractivity contribution in [2.45, 2.75) is 24.3 Å². The molecule has 1 aliphatic heterocycles. The van der Waals surface area contributed by atoms with Crippen molar-refractivity contribution in [3.63, 3.8) is 0 Å². The Bertz CT molecular complexity index is 155. The molecule has 0 radical (unpaired) electrons. The van der Waals surface area contributed by atoms with Crippen LogP contribution in [0.5, 0.6) is 0 Å². The fourth-order valence-corrected chi connectivity index (χ4v) is 2.03. The smallest absolute Gasteiger partial charge is 0.0785 e. The third-order valence-corrected chi connectivity index (χ3v) is 2.62. The van der Waals surface area contributed by atoms with E-state index in [1.807, 2.05) is 6.08 Å². The molecule has 1 aliphatic carbocycles. The molecule has 0 unspecified atom stereocenters. The van der Waals surface area contributed by atoms with E-state index in [4.69, 9.17) is 16.3 Å². The van der Waals surface area contributed by atoms with Crippen LogP contribution in [0.4, 0.5) is 0 Å². The van der Waals surface area contributed by atoms with Gasteiger partial charge in [0.25, 0.3) is 0 Å². The summed E-state index contributed by atoms with van der Waals surface area (Å²) < 4.78 is 5.46. The molecule has 0 amide bonds. The average molecular weight is 159 g/mol. The third kappa shape index (κ3) is 1.08. The average Bonchev–Trinajstić information content (AvgIpc) is 2.33. The normalized spacial score (nSPS) is 45.5. The summed E-state index contributed by atoms with van der Waals surface area (Å²) in [7, 11) is 0. The Labute approximate surface area is 66.0 Å². The Hall–Kier alpha value is -0.0100. The molecule has 0 aromatic heterocycles. The van der Waals surface area contributed by atoms with Crippen LogP contribution in [0.15, 0.2) is 12.2 Å². The largest absolute Gasteiger partial charge is 0.374 e. The minimum Gasteiger partial charge on any atom is -0.374 e. The Morgan fingerprint density at radius 1 is 1.40 bits per heavy atom. The predicted molar refractivity (Wildman–Crippen MR) is 41.2 cm³/mol. The maximum atomic E-state index is 5.94. The van der Waals surface area contributed by atoms with Crippen LogP contribution in [0.2, 0.25) is 0 Å². The molecule has 2 rings (SSSR count). The lowest BCUT2D eigenvalue weighted by Gasteiger charge is -2.21. The van der Waals surface area contributed by atoms with Gasteiger partial charge in [0.05, 0.1) is 11.5 Å². The van der Waals surface area contributed by atoms with Crippen LogP contribution < -0.4 is 0 Å². The number of fused-ring (bicyclic) bond motifs is 1. The summed E-state index contributed by atoms with van der Waals surface area (Å²) in [5.74, 6) is 0.701. The van der Waals surface area contributed by atoms with Crippen molar-refractivity contribution in [1.29, 1.82) is 0 Å². The zero-order valence-electron chi connectivity index (χ0n) is 5.79. The van der Waals surface area contributed by atoms with Gasteiger partial charge in [-0.1, -0.05) is 12.2 Å².